The van der Waals surface area contributed by atoms with E-state index in [1.807, 2.05) is 25.1 Å². The van der Waals surface area contributed by atoms with E-state index < -0.39 is 17.6 Å². The largest absolute Gasteiger partial charge is 0.353 e. The zero-order chi connectivity index (χ0) is 25.0. The van der Waals surface area contributed by atoms with Crippen LogP contribution in [0.2, 0.25) is 0 Å². The highest BCUT2D eigenvalue weighted by atomic mass is 19.1. The second-order valence-electron chi connectivity index (χ2n) is 9.21. The summed E-state index contributed by atoms with van der Waals surface area (Å²) in [6.45, 7) is 1.86. The molecule has 0 radical (unpaired) electrons. The standard InChI is InChI=1S/C26H31FN4O4/c1-29(2)16-13-28-23(32)22-18-35-26(31(22)25(34)19-7-4-3-5-8-19)11-14-30(15-12-26)24(33)20-9-6-10-21(27)17-20/h3-10,17,22H,11-16,18H2,1-2H3,(H,28,32). The van der Waals surface area contributed by atoms with Gasteiger partial charge < -0.3 is 19.9 Å². The second-order valence-corrected chi connectivity index (χ2v) is 9.21. The molecule has 2 aliphatic rings. The number of hydrogen-bond donors (Lipinski definition) is 1. The van der Waals surface area contributed by atoms with Crippen molar-refractivity contribution in [2.45, 2.75) is 24.6 Å². The molecule has 0 saturated carbocycles. The molecule has 35 heavy (non-hydrogen) atoms. The number of ether oxygens (including phenoxy) is 1. The Morgan fingerprint density at radius 3 is 2.37 bits per heavy atom. The van der Waals surface area contributed by atoms with E-state index in [0.29, 0.717) is 44.6 Å². The second kappa shape index (κ2) is 10.5. The van der Waals surface area contributed by atoms with Gasteiger partial charge in [-0.3, -0.25) is 19.3 Å². The highest BCUT2D eigenvalue weighted by Crippen LogP contribution is 2.38. The summed E-state index contributed by atoms with van der Waals surface area (Å²) in [6.07, 6.45) is 0.711. The molecule has 0 aromatic heterocycles. The number of nitrogens with one attached hydrogen (secondary N) is 1. The molecule has 2 fully saturated rings. The van der Waals surface area contributed by atoms with E-state index in [1.165, 1.54) is 18.2 Å². The molecule has 1 spiro atoms. The van der Waals surface area contributed by atoms with Crippen LogP contribution in [-0.4, -0.2) is 91.1 Å². The minimum Gasteiger partial charge on any atom is -0.353 e. The summed E-state index contributed by atoms with van der Waals surface area (Å²) < 4.78 is 19.8. The summed E-state index contributed by atoms with van der Waals surface area (Å²) >= 11 is 0. The van der Waals surface area contributed by atoms with E-state index in [0.717, 1.165) is 0 Å². The van der Waals surface area contributed by atoms with Crippen molar-refractivity contribution in [3.8, 4) is 0 Å². The van der Waals surface area contributed by atoms with Crippen LogP contribution < -0.4 is 5.32 Å². The fraction of sp³-hybridized carbons (Fsp3) is 0.423. The van der Waals surface area contributed by atoms with Crippen LogP contribution in [-0.2, 0) is 9.53 Å². The fourth-order valence-corrected chi connectivity index (χ4v) is 4.67. The van der Waals surface area contributed by atoms with Crippen LogP contribution in [0.4, 0.5) is 4.39 Å². The van der Waals surface area contributed by atoms with E-state index in [-0.39, 0.29) is 29.9 Å². The first-order valence-electron chi connectivity index (χ1n) is 11.8. The zero-order valence-corrected chi connectivity index (χ0v) is 20.1. The van der Waals surface area contributed by atoms with E-state index in [4.69, 9.17) is 4.74 Å². The molecule has 2 heterocycles. The van der Waals surface area contributed by atoms with Gasteiger partial charge in [0.2, 0.25) is 5.91 Å². The summed E-state index contributed by atoms with van der Waals surface area (Å²) in [5.41, 5.74) is -0.236. The van der Waals surface area contributed by atoms with Gasteiger partial charge in [0.15, 0.2) is 0 Å². The molecule has 0 bridgehead atoms. The lowest BCUT2D eigenvalue weighted by atomic mass is 9.96. The molecule has 8 nitrogen and oxygen atoms in total. The minimum atomic E-state index is -0.991. The maximum absolute atomic E-state index is 13.6. The predicted octanol–water partition coefficient (Wildman–Crippen LogP) is 1.98. The highest BCUT2D eigenvalue weighted by Gasteiger charge is 2.54. The van der Waals surface area contributed by atoms with Crippen LogP contribution in [0, 0.1) is 5.82 Å². The summed E-state index contributed by atoms with van der Waals surface area (Å²) in [5.74, 6) is -1.27. The Kier molecular flexibility index (Phi) is 7.47. The molecule has 1 N–H and O–H groups in total. The lowest BCUT2D eigenvalue weighted by molar-refractivity contribution is -0.128. The van der Waals surface area contributed by atoms with Gasteiger partial charge in [0.1, 0.15) is 17.6 Å². The summed E-state index contributed by atoms with van der Waals surface area (Å²) in [6, 6.07) is 13.7. The molecule has 1 atom stereocenters. The van der Waals surface area contributed by atoms with Gasteiger partial charge in [-0.1, -0.05) is 24.3 Å². The van der Waals surface area contributed by atoms with Crippen LogP contribution in [0.1, 0.15) is 33.6 Å². The Labute approximate surface area is 204 Å². The normalized spacial score (nSPS) is 19.3. The minimum absolute atomic E-state index is 0.0875. The molecular weight excluding hydrogens is 451 g/mol. The lowest BCUT2D eigenvalue weighted by Crippen LogP contribution is -2.60. The number of amides is 3. The first-order valence-corrected chi connectivity index (χ1v) is 11.8. The summed E-state index contributed by atoms with van der Waals surface area (Å²) in [4.78, 5) is 44.8. The first-order chi connectivity index (χ1) is 16.8. The zero-order valence-electron chi connectivity index (χ0n) is 20.1. The van der Waals surface area contributed by atoms with Gasteiger partial charge in [-0.15, -0.1) is 0 Å². The molecule has 2 aliphatic heterocycles. The van der Waals surface area contributed by atoms with Crippen molar-refractivity contribution < 1.29 is 23.5 Å². The number of rotatable bonds is 6. The monoisotopic (exact) mass is 482 g/mol. The third-order valence-electron chi connectivity index (χ3n) is 6.56. The molecule has 2 aromatic carbocycles. The van der Waals surface area contributed by atoms with Crippen molar-refractivity contribution in [1.82, 2.24) is 20.0 Å². The number of benzene rings is 2. The van der Waals surface area contributed by atoms with E-state index in [2.05, 4.69) is 5.32 Å². The van der Waals surface area contributed by atoms with Crippen molar-refractivity contribution in [1.29, 1.82) is 0 Å². The Balaban J connectivity index is 1.53. The molecule has 186 valence electrons. The Morgan fingerprint density at radius 2 is 1.71 bits per heavy atom. The molecule has 3 amide bonds. The number of hydrogen-bond acceptors (Lipinski definition) is 5. The van der Waals surface area contributed by atoms with Gasteiger partial charge in [0.25, 0.3) is 11.8 Å². The van der Waals surface area contributed by atoms with Crippen molar-refractivity contribution in [3.63, 3.8) is 0 Å². The molecule has 0 aliphatic carbocycles. The molecular formula is C26H31FN4O4. The van der Waals surface area contributed by atoms with E-state index in [9.17, 15) is 18.8 Å². The average molecular weight is 483 g/mol. The van der Waals surface area contributed by atoms with Crippen LogP contribution in [0.25, 0.3) is 0 Å². The number of carbonyl (C=O) groups excluding carboxylic acids is 3. The van der Waals surface area contributed by atoms with Gasteiger partial charge in [-0.2, -0.15) is 0 Å². The molecule has 2 aromatic rings. The maximum Gasteiger partial charge on any atom is 0.256 e. The van der Waals surface area contributed by atoms with Gasteiger partial charge in [-0.25, -0.2) is 4.39 Å². The third kappa shape index (κ3) is 5.36. The third-order valence-corrected chi connectivity index (χ3v) is 6.56. The van der Waals surface area contributed by atoms with Crippen molar-refractivity contribution >= 4 is 17.7 Å². The Hall–Kier alpha value is -3.30. The average Bonchev–Trinajstić information content (AvgIpc) is 3.22. The molecule has 9 heteroatoms. The molecule has 2 saturated heterocycles. The topological polar surface area (TPSA) is 82.2 Å². The van der Waals surface area contributed by atoms with Gasteiger partial charge >= 0.3 is 0 Å². The lowest BCUT2D eigenvalue weighted by Gasteiger charge is -2.44. The van der Waals surface area contributed by atoms with Gasteiger partial charge in [0.05, 0.1) is 6.61 Å². The summed E-state index contributed by atoms with van der Waals surface area (Å²) in [7, 11) is 3.84. The number of piperidine rings is 1. The Bertz CT molecular complexity index is 1070. The highest BCUT2D eigenvalue weighted by molar-refractivity contribution is 5.98. The number of carbonyl (C=O) groups is 3. The molecule has 4 rings (SSSR count). The maximum atomic E-state index is 13.6. The number of nitrogens with zero attached hydrogens (tertiary/aromatic N) is 3. The van der Waals surface area contributed by atoms with E-state index in [1.54, 1.807) is 40.1 Å². The van der Waals surface area contributed by atoms with Gasteiger partial charge in [-0.05, 0) is 44.4 Å². The van der Waals surface area contributed by atoms with Crippen molar-refractivity contribution in [2.24, 2.45) is 0 Å². The molecule has 1 unspecified atom stereocenters. The van der Waals surface area contributed by atoms with Crippen LogP contribution in [0.3, 0.4) is 0 Å². The first kappa shape index (κ1) is 24.8. The van der Waals surface area contributed by atoms with E-state index >= 15 is 0 Å². The fourth-order valence-electron chi connectivity index (χ4n) is 4.67. The smallest absolute Gasteiger partial charge is 0.256 e. The van der Waals surface area contributed by atoms with Crippen LogP contribution in [0.15, 0.2) is 54.6 Å². The van der Waals surface area contributed by atoms with Crippen LogP contribution >= 0.6 is 0 Å². The summed E-state index contributed by atoms with van der Waals surface area (Å²) in [5, 5.41) is 2.91. The number of halogens is 1. The number of likely N-dealkylation sites (tertiary alicyclic amines) is 1. The van der Waals surface area contributed by atoms with Crippen molar-refractivity contribution in [3.05, 3.63) is 71.5 Å². The van der Waals surface area contributed by atoms with Gasteiger partial charge in [0, 0.05) is 50.1 Å². The predicted molar refractivity (Wildman–Crippen MR) is 128 cm³/mol. The van der Waals surface area contributed by atoms with Crippen LogP contribution in [0.5, 0.6) is 0 Å². The number of likely N-dealkylation sites (N-methyl/N-ethyl adjacent to an activating group) is 1. The Morgan fingerprint density at radius 1 is 1.03 bits per heavy atom. The SMILES string of the molecule is CN(C)CCNC(=O)C1COC2(CCN(C(=O)c3cccc(F)c3)CC2)N1C(=O)c1ccccc1. The quantitative estimate of drug-likeness (QED) is 0.681. The van der Waals surface area contributed by atoms with Crippen molar-refractivity contribution in [2.75, 3.05) is 46.9 Å².